The molecule has 0 aliphatic rings. The van der Waals surface area contributed by atoms with Gasteiger partial charge >= 0.3 is 0 Å². The van der Waals surface area contributed by atoms with Gasteiger partial charge in [0.2, 0.25) is 0 Å². The van der Waals surface area contributed by atoms with E-state index in [-0.39, 0.29) is 11.4 Å². The summed E-state index contributed by atoms with van der Waals surface area (Å²) in [6, 6.07) is 5.12. The average Bonchev–Trinajstić information content (AvgIpc) is 2.37. The second kappa shape index (κ2) is 5.29. The maximum absolute atomic E-state index is 12.4. The van der Waals surface area contributed by atoms with Crippen molar-refractivity contribution in [3.05, 3.63) is 23.8 Å². The molecule has 0 aliphatic heterocycles. The number of methoxy groups -OCH3 is 1. The predicted octanol–water partition coefficient (Wildman–Crippen LogP) is 2.54. The van der Waals surface area contributed by atoms with E-state index in [4.69, 9.17) is 10.5 Å². The summed E-state index contributed by atoms with van der Waals surface area (Å²) in [5.41, 5.74) is 6.62. The molecule has 4 nitrogen and oxygen atoms in total. The molecule has 0 saturated heterocycles. The number of ether oxygens (including phenoxy) is 1. The fraction of sp³-hybridized carbons (Fsp3) is 0.500. The maximum Gasteiger partial charge on any atom is 0.256 e. The molecule has 1 rings (SSSR count). The number of anilines is 1. The molecular weight excluding hydrogens is 228 g/mol. The van der Waals surface area contributed by atoms with Crippen molar-refractivity contribution in [2.24, 2.45) is 0 Å². The van der Waals surface area contributed by atoms with E-state index in [2.05, 4.69) is 6.92 Å². The fourth-order valence-electron chi connectivity index (χ4n) is 1.54. The minimum atomic E-state index is -0.202. The van der Waals surface area contributed by atoms with E-state index in [1.165, 1.54) is 0 Å². The Morgan fingerprint density at radius 3 is 2.56 bits per heavy atom. The molecule has 0 heterocycles. The summed E-state index contributed by atoms with van der Waals surface area (Å²) in [4.78, 5) is 14.1. The second-order valence-corrected chi connectivity index (χ2v) is 4.98. The van der Waals surface area contributed by atoms with Gasteiger partial charge in [0.1, 0.15) is 5.75 Å². The molecule has 0 unspecified atom stereocenters. The van der Waals surface area contributed by atoms with Crippen LogP contribution in [0.15, 0.2) is 18.2 Å². The zero-order valence-corrected chi connectivity index (χ0v) is 11.8. The molecule has 1 aromatic rings. The van der Waals surface area contributed by atoms with E-state index < -0.39 is 0 Å². The van der Waals surface area contributed by atoms with Crippen LogP contribution in [-0.4, -0.2) is 30.5 Å². The number of nitrogen functional groups attached to an aromatic ring is 1. The number of hydrogen-bond acceptors (Lipinski definition) is 3. The molecule has 4 heteroatoms. The third-order valence-corrected chi connectivity index (χ3v) is 3.57. The van der Waals surface area contributed by atoms with Gasteiger partial charge in [-0.15, -0.1) is 0 Å². The van der Waals surface area contributed by atoms with Crippen LogP contribution in [-0.2, 0) is 0 Å². The predicted molar refractivity (Wildman–Crippen MR) is 73.9 cm³/mol. The van der Waals surface area contributed by atoms with Crippen LogP contribution >= 0.6 is 0 Å². The van der Waals surface area contributed by atoms with E-state index in [1.807, 2.05) is 13.8 Å². The van der Waals surface area contributed by atoms with Gasteiger partial charge < -0.3 is 15.4 Å². The first-order valence-electron chi connectivity index (χ1n) is 6.05. The van der Waals surface area contributed by atoms with Gasteiger partial charge in [-0.05, 0) is 38.5 Å². The highest BCUT2D eigenvalue weighted by Gasteiger charge is 2.27. The first-order chi connectivity index (χ1) is 8.33. The van der Waals surface area contributed by atoms with Gasteiger partial charge in [-0.3, -0.25) is 4.79 Å². The van der Waals surface area contributed by atoms with Crippen LogP contribution in [0, 0.1) is 0 Å². The summed E-state index contributed by atoms with van der Waals surface area (Å²) in [7, 11) is 3.37. The lowest BCUT2D eigenvalue weighted by atomic mass is 9.98. The molecular formula is C14H22N2O2. The molecule has 0 atom stereocenters. The third kappa shape index (κ3) is 2.75. The maximum atomic E-state index is 12.4. The van der Waals surface area contributed by atoms with E-state index in [0.29, 0.717) is 17.0 Å². The summed E-state index contributed by atoms with van der Waals surface area (Å²) in [5, 5.41) is 0. The van der Waals surface area contributed by atoms with Crippen LogP contribution in [0.25, 0.3) is 0 Å². The monoisotopic (exact) mass is 250 g/mol. The van der Waals surface area contributed by atoms with Gasteiger partial charge in [-0.2, -0.15) is 0 Å². The number of benzene rings is 1. The van der Waals surface area contributed by atoms with Gasteiger partial charge in [-0.25, -0.2) is 0 Å². The molecule has 1 aromatic carbocycles. The van der Waals surface area contributed by atoms with Gasteiger partial charge in [0, 0.05) is 18.3 Å². The number of hydrogen-bond donors (Lipinski definition) is 1. The van der Waals surface area contributed by atoms with Crippen molar-refractivity contribution in [2.75, 3.05) is 19.9 Å². The molecule has 0 radical (unpaired) electrons. The van der Waals surface area contributed by atoms with Crippen LogP contribution in [0.4, 0.5) is 5.69 Å². The smallest absolute Gasteiger partial charge is 0.256 e. The summed E-state index contributed by atoms with van der Waals surface area (Å²) >= 11 is 0. The normalized spacial score (nSPS) is 11.2. The number of nitrogens with two attached hydrogens (primary N) is 1. The first kappa shape index (κ1) is 14.4. The van der Waals surface area contributed by atoms with Crippen LogP contribution in [0.3, 0.4) is 0 Å². The van der Waals surface area contributed by atoms with Gasteiger partial charge in [-0.1, -0.05) is 6.92 Å². The van der Waals surface area contributed by atoms with Gasteiger partial charge in [0.25, 0.3) is 5.91 Å². The van der Waals surface area contributed by atoms with E-state index in [9.17, 15) is 4.79 Å². The quantitative estimate of drug-likeness (QED) is 0.835. The van der Waals surface area contributed by atoms with Crippen molar-refractivity contribution >= 4 is 11.6 Å². The molecule has 0 fully saturated rings. The fourth-order valence-corrected chi connectivity index (χ4v) is 1.54. The number of carbonyl (C=O) groups is 1. The van der Waals surface area contributed by atoms with Crippen molar-refractivity contribution in [1.29, 1.82) is 0 Å². The highest BCUT2D eigenvalue weighted by Crippen LogP contribution is 2.24. The van der Waals surface area contributed by atoms with Gasteiger partial charge in [0.15, 0.2) is 0 Å². The molecule has 1 amide bonds. The number of nitrogens with zero attached hydrogens (tertiary/aromatic N) is 1. The zero-order valence-electron chi connectivity index (χ0n) is 11.8. The highest BCUT2D eigenvalue weighted by atomic mass is 16.5. The summed E-state index contributed by atoms with van der Waals surface area (Å²) in [6.07, 6.45) is 0.874. The Labute approximate surface area is 109 Å². The Morgan fingerprint density at radius 2 is 2.06 bits per heavy atom. The summed E-state index contributed by atoms with van der Waals surface area (Å²) in [5.74, 6) is 0.550. The highest BCUT2D eigenvalue weighted by molar-refractivity contribution is 5.99. The average molecular weight is 250 g/mol. The SMILES string of the molecule is CCC(C)(C)N(C)C(=O)c1cc(OC)ccc1N. The minimum absolute atomic E-state index is 0.0850. The minimum Gasteiger partial charge on any atom is -0.497 e. The Morgan fingerprint density at radius 1 is 1.44 bits per heavy atom. The molecule has 0 bridgehead atoms. The van der Waals surface area contributed by atoms with Crippen molar-refractivity contribution in [3.63, 3.8) is 0 Å². The third-order valence-electron chi connectivity index (χ3n) is 3.57. The Bertz CT molecular complexity index is 441. The van der Waals surface area contributed by atoms with Crippen molar-refractivity contribution < 1.29 is 9.53 Å². The van der Waals surface area contributed by atoms with E-state index in [1.54, 1.807) is 37.3 Å². The van der Waals surface area contributed by atoms with Crippen LogP contribution in [0.2, 0.25) is 0 Å². The molecule has 18 heavy (non-hydrogen) atoms. The molecule has 0 aromatic heterocycles. The lowest BCUT2D eigenvalue weighted by Gasteiger charge is -2.35. The molecule has 0 aliphatic carbocycles. The Kier molecular flexibility index (Phi) is 4.22. The van der Waals surface area contributed by atoms with Crippen LogP contribution < -0.4 is 10.5 Å². The first-order valence-corrected chi connectivity index (χ1v) is 6.05. The standard InChI is InChI=1S/C14H22N2O2/c1-6-14(2,3)16(4)13(17)11-9-10(18-5)7-8-12(11)15/h7-9H,6,15H2,1-5H3. The Hall–Kier alpha value is -1.71. The largest absolute Gasteiger partial charge is 0.497 e. The lowest BCUT2D eigenvalue weighted by Crippen LogP contribution is -2.44. The van der Waals surface area contributed by atoms with Gasteiger partial charge in [0.05, 0.1) is 12.7 Å². The van der Waals surface area contributed by atoms with Crippen LogP contribution in [0.5, 0.6) is 5.75 Å². The molecule has 2 N–H and O–H groups in total. The van der Waals surface area contributed by atoms with Crippen molar-refractivity contribution in [2.45, 2.75) is 32.7 Å². The molecule has 0 spiro atoms. The lowest BCUT2D eigenvalue weighted by molar-refractivity contribution is 0.0621. The van der Waals surface area contributed by atoms with Crippen LogP contribution in [0.1, 0.15) is 37.6 Å². The van der Waals surface area contributed by atoms with E-state index in [0.717, 1.165) is 6.42 Å². The number of amides is 1. The van der Waals surface area contributed by atoms with Crippen molar-refractivity contribution in [1.82, 2.24) is 4.90 Å². The van der Waals surface area contributed by atoms with Crippen molar-refractivity contribution in [3.8, 4) is 5.75 Å². The number of carbonyl (C=O) groups excluding carboxylic acids is 1. The number of rotatable bonds is 4. The molecule has 100 valence electrons. The summed E-state index contributed by atoms with van der Waals surface area (Å²) in [6.45, 7) is 6.11. The topological polar surface area (TPSA) is 55.6 Å². The second-order valence-electron chi connectivity index (χ2n) is 4.98. The molecule has 0 saturated carbocycles. The zero-order chi connectivity index (χ0) is 13.9. The summed E-state index contributed by atoms with van der Waals surface area (Å²) < 4.78 is 5.13. The van der Waals surface area contributed by atoms with E-state index >= 15 is 0 Å². The Balaban J connectivity index is 3.11.